The highest BCUT2D eigenvalue weighted by Crippen LogP contribution is 1.98. The van der Waals surface area contributed by atoms with Gasteiger partial charge in [0, 0.05) is 6.04 Å². The molecule has 0 fully saturated rings. The van der Waals surface area contributed by atoms with Gasteiger partial charge in [0.25, 0.3) is 0 Å². The summed E-state index contributed by atoms with van der Waals surface area (Å²) in [6.07, 6.45) is 0.590. The number of carboxylic acids is 1. The normalized spacial score (nSPS) is 14.5. The molecule has 0 aromatic rings. The maximum Gasteiger partial charge on any atom is 0.305 e. The van der Waals surface area contributed by atoms with Crippen molar-refractivity contribution in [1.82, 2.24) is 10.6 Å². The highest BCUT2D eigenvalue weighted by molar-refractivity contribution is 5.82. The summed E-state index contributed by atoms with van der Waals surface area (Å²) in [6, 6.07) is -0.575. The molecule has 3 N–H and O–H groups in total. The summed E-state index contributed by atoms with van der Waals surface area (Å²) in [5, 5.41) is 14.0. The first-order chi connectivity index (χ1) is 6.51. The summed E-state index contributed by atoms with van der Waals surface area (Å²) >= 11 is 0. The van der Waals surface area contributed by atoms with Crippen LogP contribution in [0.15, 0.2) is 0 Å². The van der Waals surface area contributed by atoms with Gasteiger partial charge in [-0.2, -0.15) is 0 Å². The van der Waals surface area contributed by atoms with Gasteiger partial charge in [-0.3, -0.25) is 9.59 Å². The standard InChI is InChI=1S/C9H18N2O3/c1-4-7(5-8(12)13)11-9(14)6(2)10-3/h6-7,10H,4-5H2,1-3H3,(H,11,14)(H,12,13). The number of aliphatic carboxylic acids is 1. The monoisotopic (exact) mass is 202 g/mol. The lowest BCUT2D eigenvalue weighted by atomic mass is 10.1. The summed E-state index contributed by atoms with van der Waals surface area (Å²) in [5.74, 6) is -1.06. The molecule has 1 amide bonds. The Morgan fingerprint density at radius 3 is 2.36 bits per heavy atom. The van der Waals surface area contributed by atoms with Crippen LogP contribution in [0.1, 0.15) is 26.7 Å². The van der Waals surface area contributed by atoms with E-state index in [-0.39, 0.29) is 24.4 Å². The molecule has 0 aliphatic carbocycles. The van der Waals surface area contributed by atoms with Crippen molar-refractivity contribution in [2.75, 3.05) is 7.05 Å². The topological polar surface area (TPSA) is 78.4 Å². The molecule has 0 radical (unpaired) electrons. The fourth-order valence-corrected chi connectivity index (χ4v) is 0.965. The van der Waals surface area contributed by atoms with Gasteiger partial charge < -0.3 is 15.7 Å². The van der Waals surface area contributed by atoms with E-state index in [1.165, 1.54) is 0 Å². The Morgan fingerprint density at radius 2 is 2.00 bits per heavy atom. The van der Waals surface area contributed by atoms with Crippen molar-refractivity contribution in [2.45, 2.75) is 38.8 Å². The third-order valence-corrected chi connectivity index (χ3v) is 2.09. The van der Waals surface area contributed by atoms with Gasteiger partial charge in [0.05, 0.1) is 12.5 Å². The Kier molecular flexibility index (Phi) is 5.87. The first-order valence-corrected chi connectivity index (χ1v) is 4.70. The van der Waals surface area contributed by atoms with Crippen molar-refractivity contribution >= 4 is 11.9 Å². The summed E-state index contributed by atoms with van der Waals surface area (Å²) in [4.78, 5) is 21.8. The summed E-state index contributed by atoms with van der Waals surface area (Å²) in [6.45, 7) is 3.57. The third kappa shape index (κ3) is 4.81. The van der Waals surface area contributed by atoms with E-state index in [1.807, 2.05) is 6.92 Å². The van der Waals surface area contributed by atoms with Crippen molar-refractivity contribution in [2.24, 2.45) is 0 Å². The minimum atomic E-state index is -0.894. The molecule has 14 heavy (non-hydrogen) atoms. The Balaban J connectivity index is 4.04. The highest BCUT2D eigenvalue weighted by Gasteiger charge is 2.16. The number of carbonyl (C=O) groups is 2. The maximum absolute atomic E-state index is 11.4. The number of nitrogens with one attached hydrogen (secondary N) is 2. The van der Waals surface area contributed by atoms with E-state index in [0.717, 1.165) is 0 Å². The van der Waals surface area contributed by atoms with Crippen LogP contribution in [0, 0.1) is 0 Å². The predicted octanol–water partition coefficient (Wildman–Crippen LogP) is -0.0362. The quantitative estimate of drug-likeness (QED) is 0.565. The molecule has 0 bridgehead atoms. The van der Waals surface area contributed by atoms with Crippen molar-refractivity contribution < 1.29 is 14.7 Å². The lowest BCUT2D eigenvalue weighted by molar-refractivity contribution is -0.137. The second kappa shape index (κ2) is 6.37. The van der Waals surface area contributed by atoms with Crippen molar-refractivity contribution in [1.29, 1.82) is 0 Å². The van der Waals surface area contributed by atoms with Crippen LogP contribution in [-0.2, 0) is 9.59 Å². The minimum Gasteiger partial charge on any atom is -0.481 e. The molecule has 2 atom stereocenters. The molecule has 0 saturated carbocycles. The molecule has 5 heteroatoms. The molecular formula is C9H18N2O3. The smallest absolute Gasteiger partial charge is 0.305 e. The minimum absolute atomic E-state index is 0.0291. The van der Waals surface area contributed by atoms with Crippen molar-refractivity contribution in [3.63, 3.8) is 0 Å². The van der Waals surface area contributed by atoms with Crippen molar-refractivity contribution in [3.05, 3.63) is 0 Å². The lowest BCUT2D eigenvalue weighted by Gasteiger charge is -2.17. The van der Waals surface area contributed by atoms with Crippen LogP contribution in [0.3, 0.4) is 0 Å². The molecule has 0 aliphatic rings. The average Bonchev–Trinajstić information content (AvgIpc) is 2.14. The third-order valence-electron chi connectivity index (χ3n) is 2.09. The van der Waals surface area contributed by atoms with Crippen LogP contribution < -0.4 is 10.6 Å². The number of amides is 1. The molecule has 0 rings (SSSR count). The van der Waals surface area contributed by atoms with E-state index in [2.05, 4.69) is 10.6 Å². The van der Waals surface area contributed by atoms with Gasteiger partial charge in [0.1, 0.15) is 0 Å². The molecule has 5 nitrogen and oxygen atoms in total. The zero-order chi connectivity index (χ0) is 11.1. The van der Waals surface area contributed by atoms with Crippen LogP contribution in [0.5, 0.6) is 0 Å². The van der Waals surface area contributed by atoms with Crippen LogP contribution >= 0.6 is 0 Å². The molecular weight excluding hydrogens is 184 g/mol. The van der Waals surface area contributed by atoms with Gasteiger partial charge in [-0.15, -0.1) is 0 Å². The van der Waals surface area contributed by atoms with Gasteiger partial charge in [0.2, 0.25) is 5.91 Å². The van der Waals surface area contributed by atoms with Crippen LogP contribution in [0.2, 0.25) is 0 Å². The average molecular weight is 202 g/mol. The van der Waals surface area contributed by atoms with Crippen LogP contribution in [-0.4, -0.2) is 36.1 Å². The zero-order valence-electron chi connectivity index (χ0n) is 8.83. The van der Waals surface area contributed by atoms with E-state index in [1.54, 1.807) is 14.0 Å². The van der Waals surface area contributed by atoms with E-state index < -0.39 is 5.97 Å². The fraction of sp³-hybridized carbons (Fsp3) is 0.778. The Morgan fingerprint density at radius 1 is 1.43 bits per heavy atom. The zero-order valence-corrected chi connectivity index (χ0v) is 8.83. The molecule has 0 aromatic heterocycles. The van der Waals surface area contributed by atoms with Gasteiger partial charge in [0.15, 0.2) is 0 Å². The van der Waals surface area contributed by atoms with Crippen molar-refractivity contribution in [3.8, 4) is 0 Å². The fourth-order valence-electron chi connectivity index (χ4n) is 0.965. The van der Waals surface area contributed by atoms with Gasteiger partial charge in [-0.05, 0) is 20.4 Å². The van der Waals surface area contributed by atoms with E-state index in [9.17, 15) is 9.59 Å². The van der Waals surface area contributed by atoms with E-state index >= 15 is 0 Å². The second-order valence-electron chi connectivity index (χ2n) is 3.22. The number of likely N-dealkylation sites (N-methyl/N-ethyl adjacent to an activating group) is 1. The molecule has 0 aromatic carbocycles. The lowest BCUT2D eigenvalue weighted by Crippen LogP contribution is -2.45. The molecule has 82 valence electrons. The van der Waals surface area contributed by atoms with Crippen LogP contribution in [0.4, 0.5) is 0 Å². The first-order valence-electron chi connectivity index (χ1n) is 4.70. The number of carbonyl (C=O) groups excluding carboxylic acids is 1. The Bertz CT molecular complexity index is 206. The Labute approximate surface area is 83.9 Å². The van der Waals surface area contributed by atoms with E-state index in [0.29, 0.717) is 6.42 Å². The molecule has 0 heterocycles. The number of carboxylic acid groups (broad SMARTS) is 1. The van der Waals surface area contributed by atoms with Crippen LogP contribution in [0.25, 0.3) is 0 Å². The molecule has 0 aliphatic heterocycles. The molecule has 0 spiro atoms. The predicted molar refractivity (Wildman–Crippen MR) is 53.0 cm³/mol. The van der Waals surface area contributed by atoms with Gasteiger partial charge in [-0.1, -0.05) is 6.92 Å². The number of rotatable bonds is 6. The SMILES string of the molecule is CCC(CC(=O)O)NC(=O)C(C)NC. The maximum atomic E-state index is 11.4. The first kappa shape index (κ1) is 12.9. The number of hydrogen-bond donors (Lipinski definition) is 3. The molecule has 0 saturated heterocycles. The largest absolute Gasteiger partial charge is 0.481 e. The summed E-state index contributed by atoms with van der Waals surface area (Å²) in [7, 11) is 1.68. The van der Waals surface area contributed by atoms with E-state index in [4.69, 9.17) is 5.11 Å². The van der Waals surface area contributed by atoms with Gasteiger partial charge >= 0.3 is 5.97 Å². The second-order valence-corrected chi connectivity index (χ2v) is 3.22. The molecule has 2 unspecified atom stereocenters. The summed E-state index contributed by atoms with van der Waals surface area (Å²) in [5.41, 5.74) is 0. The number of hydrogen-bond acceptors (Lipinski definition) is 3. The Hall–Kier alpha value is -1.10. The highest BCUT2D eigenvalue weighted by atomic mass is 16.4. The summed E-state index contributed by atoms with van der Waals surface area (Å²) < 4.78 is 0. The van der Waals surface area contributed by atoms with Gasteiger partial charge in [-0.25, -0.2) is 0 Å².